The van der Waals surface area contributed by atoms with Crippen molar-refractivity contribution in [2.75, 3.05) is 31.2 Å². The molecule has 29 heavy (non-hydrogen) atoms. The lowest BCUT2D eigenvalue weighted by atomic mass is 9.97. The highest BCUT2D eigenvalue weighted by Gasteiger charge is 2.32. The number of nitrogens with zero attached hydrogens (tertiary/aromatic N) is 1. The molecule has 2 aliphatic rings. The van der Waals surface area contributed by atoms with E-state index in [0.717, 1.165) is 48.5 Å². The molecule has 162 valence electrons. The molecular weight excluding hydrogens is 432 g/mol. The van der Waals surface area contributed by atoms with E-state index >= 15 is 0 Å². The molecule has 1 aromatic rings. The summed E-state index contributed by atoms with van der Waals surface area (Å²) < 4.78 is 32.3. The van der Waals surface area contributed by atoms with Crippen molar-refractivity contribution >= 4 is 45.0 Å². The number of nitrogens with one attached hydrogen (secondary N) is 1. The Morgan fingerprint density at radius 1 is 1.10 bits per heavy atom. The third-order valence-corrected chi connectivity index (χ3v) is 9.11. The maximum Gasteiger partial charge on any atom is 0.350 e. The van der Waals surface area contributed by atoms with Gasteiger partial charge in [0.05, 0.1) is 0 Å². The molecule has 1 amide bonds. The maximum atomic E-state index is 12.9. The molecule has 10 heteroatoms. The van der Waals surface area contributed by atoms with Gasteiger partial charge >= 0.3 is 5.97 Å². The summed E-state index contributed by atoms with van der Waals surface area (Å²) >= 11 is 2.73. The number of rotatable bonds is 6. The van der Waals surface area contributed by atoms with Gasteiger partial charge in [0.15, 0.2) is 6.61 Å². The number of carbonyl (C=O) groups is 2. The van der Waals surface area contributed by atoms with Crippen LogP contribution in [-0.4, -0.2) is 61.8 Å². The highest BCUT2D eigenvalue weighted by atomic mass is 32.2. The highest BCUT2D eigenvalue weighted by Crippen LogP contribution is 2.27. The van der Waals surface area contributed by atoms with Crippen molar-refractivity contribution in [1.82, 2.24) is 9.62 Å². The molecule has 1 aromatic heterocycles. The quantitative estimate of drug-likeness (QED) is 0.656. The zero-order valence-corrected chi connectivity index (χ0v) is 18.9. The number of hydrogen-bond acceptors (Lipinski definition) is 7. The molecule has 0 radical (unpaired) electrons. The van der Waals surface area contributed by atoms with Crippen molar-refractivity contribution in [3.05, 3.63) is 16.3 Å². The molecule has 0 atom stereocenters. The van der Waals surface area contributed by atoms with Crippen LogP contribution in [0.5, 0.6) is 0 Å². The van der Waals surface area contributed by atoms with Crippen molar-refractivity contribution in [3.8, 4) is 0 Å². The number of esters is 1. The van der Waals surface area contributed by atoms with Gasteiger partial charge in [0.25, 0.3) is 5.91 Å². The van der Waals surface area contributed by atoms with E-state index in [1.807, 2.05) is 0 Å². The van der Waals surface area contributed by atoms with E-state index in [9.17, 15) is 18.0 Å². The van der Waals surface area contributed by atoms with Crippen LogP contribution in [0.3, 0.4) is 0 Å². The van der Waals surface area contributed by atoms with E-state index in [4.69, 9.17) is 4.74 Å². The van der Waals surface area contributed by atoms with Gasteiger partial charge in [-0.2, -0.15) is 16.1 Å². The van der Waals surface area contributed by atoms with Crippen molar-refractivity contribution in [2.45, 2.75) is 55.9 Å². The first-order chi connectivity index (χ1) is 14.0. The Morgan fingerprint density at radius 2 is 1.76 bits per heavy atom. The minimum Gasteiger partial charge on any atom is -0.451 e. The number of sulfonamides is 1. The average molecular weight is 461 g/mol. The lowest BCUT2D eigenvalue weighted by molar-refractivity contribution is -0.125. The number of carbonyl (C=O) groups excluding carboxylic acids is 2. The van der Waals surface area contributed by atoms with Gasteiger partial charge in [0.2, 0.25) is 10.0 Å². The number of ether oxygens (including phenoxy) is 1. The standard InChI is InChI=1S/C19H28N2O5S3/c22-17(20-15-6-4-2-1-3-5-7-15)14-26-19(23)18-16(8-11-28-18)29(24,25)21-9-12-27-13-10-21/h8,11,15H,1-7,9-10,12-14H2,(H,20,22). The topological polar surface area (TPSA) is 92.8 Å². The number of hydrogen-bond donors (Lipinski definition) is 1. The molecule has 2 heterocycles. The predicted molar refractivity (Wildman–Crippen MR) is 115 cm³/mol. The Kier molecular flexibility index (Phi) is 8.40. The summed E-state index contributed by atoms with van der Waals surface area (Å²) in [4.78, 5) is 24.7. The van der Waals surface area contributed by atoms with Gasteiger partial charge in [0, 0.05) is 30.6 Å². The lowest BCUT2D eigenvalue weighted by Crippen LogP contribution is -2.39. The molecule has 2 fully saturated rings. The van der Waals surface area contributed by atoms with Gasteiger partial charge < -0.3 is 10.1 Å². The second kappa shape index (κ2) is 10.8. The van der Waals surface area contributed by atoms with Crippen LogP contribution < -0.4 is 5.32 Å². The summed E-state index contributed by atoms with van der Waals surface area (Å²) in [5.41, 5.74) is 0. The Bertz CT molecular complexity index is 795. The van der Waals surface area contributed by atoms with E-state index in [1.165, 1.54) is 29.6 Å². The molecule has 0 bridgehead atoms. The third-order valence-electron chi connectivity index (χ3n) is 5.21. The van der Waals surface area contributed by atoms with E-state index in [1.54, 1.807) is 17.1 Å². The molecular formula is C19H28N2O5S3. The first kappa shape index (κ1) is 22.6. The Labute approximate surface area is 180 Å². The summed E-state index contributed by atoms with van der Waals surface area (Å²) in [5.74, 6) is 0.380. The second-order valence-corrected chi connectivity index (χ2v) is 11.4. The molecule has 7 nitrogen and oxygen atoms in total. The van der Waals surface area contributed by atoms with Crippen molar-refractivity contribution < 1.29 is 22.7 Å². The molecule has 1 saturated heterocycles. The van der Waals surface area contributed by atoms with Crippen LogP contribution in [0.15, 0.2) is 16.3 Å². The molecule has 1 saturated carbocycles. The minimum atomic E-state index is -3.73. The fraction of sp³-hybridized carbons (Fsp3) is 0.684. The molecule has 3 rings (SSSR count). The van der Waals surface area contributed by atoms with Gasteiger partial charge in [0.1, 0.15) is 9.77 Å². The molecule has 1 aliphatic heterocycles. The van der Waals surface area contributed by atoms with E-state index < -0.39 is 22.6 Å². The predicted octanol–water partition coefficient (Wildman–Crippen LogP) is 2.87. The van der Waals surface area contributed by atoms with Crippen LogP contribution in [-0.2, 0) is 19.6 Å². The average Bonchev–Trinajstić information content (AvgIpc) is 3.20. The first-order valence-corrected chi connectivity index (χ1v) is 13.6. The number of thiophene rings is 1. The van der Waals surface area contributed by atoms with Gasteiger partial charge in [-0.3, -0.25) is 4.79 Å². The van der Waals surface area contributed by atoms with Crippen molar-refractivity contribution in [3.63, 3.8) is 0 Å². The lowest BCUT2D eigenvalue weighted by Gasteiger charge is -2.25. The Morgan fingerprint density at radius 3 is 2.45 bits per heavy atom. The summed E-state index contributed by atoms with van der Waals surface area (Å²) in [7, 11) is -3.73. The van der Waals surface area contributed by atoms with E-state index in [-0.39, 0.29) is 21.7 Å². The van der Waals surface area contributed by atoms with E-state index in [0.29, 0.717) is 13.1 Å². The molecule has 1 N–H and O–H groups in total. The minimum absolute atomic E-state index is 0.0279. The number of amides is 1. The van der Waals surface area contributed by atoms with Crippen LogP contribution >= 0.6 is 23.1 Å². The monoisotopic (exact) mass is 460 g/mol. The summed E-state index contributed by atoms with van der Waals surface area (Å²) in [6.45, 7) is 0.468. The highest BCUT2D eigenvalue weighted by molar-refractivity contribution is 7.99. The van der Waals surface area contributed by atoms with Crippen LogP contribution in [0.1, 0.15) is 54.6 Å². The van der Waals surface area contributed by atoms with Crippen molar-refractivity contribution in [2.24, 2.45) is 0 Å². The maximum absolute atomic E-state index is 12.9. The summed E-state index contributed by atoms with van der Waals surface area (Å²) in [5, 5.41) is 4.51. The third kappa shape index (κ3) is 6.19. The van der Waals surface area contributed by atoms with Crippen LogP contribution in [0, 0.1) is 0 Å². The zero-order valence-electron chi connectivity index (χ0n) is 16.4. The summed E-state index contributed by atoms with van der Waals surface area (Å²) in [6.07, 6.45) is 7.70. The SMILES string of the molecule is O=C(COC(=O)c1sccc1S(=O)(=O)N1CCSCC1)NC1CCCCCCC1. The normalized spacial score (nSPS) is 19.9. The Hall–Kier alpha value is -1.10. The second-order valence-electron chi connectivity index (χ2n) is 7.32. The zero-order chi connectivity index (χ0) is 20.7. The van der Waals surface area contributed by atoms with Crippen LogP contribution in [0.2, 0.25) is 0 Å². The van der Waals surface area contributed by atoms with Crippen molar-refractivity contribution in [1.29, 1.82) is 0 Å². The fourth-order valence-electron chi connectivity index (χ4n) is 3.64. The molecule has 0 spiro atoms. The van der Waals surface area contributed by atoms with Gasteiger partial charge in [-0.15, -0.1) is 11.3 Å². The Balaban J connectivity index is 1.56. The van der Waals surface area contributed by atoms with Gasteiger partial charge in [-0.1, -0.05) is 32.1 Å². The smallest absolute Gasteiger partial charge is 0.350 e. The number of thioether (sulfide) groups is 1. The molecule has 0 unspecified atom stereocenters. The fourth-order valence-corrected chi connectivity index (χ4v) is 7.50. The molecule has 0 aromatic carbocycles. The first-order valence-electron chi connectivity index (χ1n) is 10.1. The molecule has 1 aliphatic carbocycles. The van der Waals surface area contributed by atoms with Gasteiger partial charge in [-0.05, 0) is 24.3 Å². The van der Waals surface area contributed by atoms with Crippen LogP contribution in [0.25, 0.3) is 0 Å². The largest absolute Gasteiger partial charge is 0.451 e. The van der Waals surface area contributed by atoms with E-state index in [2.05, 4.69) is 5.32 Å². The summed E-state index contributed by atoms with van der Waals surface area (Å²) in [6, 6.07) is 1.56. The van der Waals surface area contributed by atoms with Crippen LogP contribution in [0.4, 0.5) is 0 Å². The van der Waals surface area contributed by atoms with Gasteiger partial charge in [-0.25, -0.2) is 13.2 Å².